The molecule has 1 unspecified atom stereocenters. The number of benzene rings is 1. The zero-order valence-corrected chi connectivity index (χ0v) is 25.6. The van der Waals surface area contributed by atoms with Crippen LogP contribution in [0.3, 0.4) is 0 Å². The van der Waals surface area contributed by atoms with Crippen LogP contribution in [-0.2, 0) is 15.0 Å². The number of nitrogens with zero attached hydrogens (tertiary/aromatic N) is 5. The maximum absolute atomic E-state index is 12.8. The van der Waals surface area contributed by atoms with Crippen molar-refractivity contribution in [2.75, 3.05) is 44.7 Å². The maximum atomic E-state index is 12.8. The van der Waals surface area contributed by atoms with Crippen LogP contribution in [0, 0.1) is 0 Å². The minimum absolute atomic E-state index is 0.00541. The Kier molecular flexibility index (Phi) is 8.68. The highest BCUT2D eigenvalue weighted by molar-refractivity contribution is 5.75. The normalized spacial score (nSPS) is 22.7. The van der Waals surface area contributed by atoms with Gasteiger partial charge < -0.3 is 19.7 Å². The number of pyridine rings is 1. The molecule has 1 aliphatic carbocycles. The third kappa shape index (κ3) is 6.13. The molecule has 3 fully saturated rings. The molecule has 230 valence electrons. The van der Waals surface area contributed by atoms with Crippen molar-refractivity contribution >= 4 is 23.1 Å². The van der Waals surface area contributed by atoms with Gasteiger partial charge in [-0.25, -0.2) is 9.78 Å². The number of carbonyl (C=O) groups is 1. The molecule has 10 nitrogen and oxygen atoms in total. The highest BCUT2D eigenvalue weighted by Gasteiger charge is 2.44. The summed E-state index contributed by atoms with van der Waals surface area (Å²) in [6, 6.07) is 12.0. The first-order valence-electron chi connectivity index (χ1n) is 15.9. The summed E-state index contributed by atoms with van der Waals surface area (Å²) < 4.78 is 13.5. The molecule has 10 heteroatoms. The van der Waals surface area contributed by atoms with Crippen molar-refractivity contribution in [3.8, 4) is 0 Å². The van der Waals surface area contributed by atoms with E-state index in [0.717, 1.165) is 62.8 Å². The number of hydrogen-bond donors (Lipinski definition) is 1. The summed E-state index contributed by atoms with van der Waals surface area (Å²) in [6.07, 6.45) is 8.15. The Balaban J connectivity index is 1.12. The third-order valence-corrected chi connectivity index (χ3v) is 9.44. The molecular weight excluding hydrogens is 544 g/mol. The minimum Gasteiger partial charge on any atom is -0.446 e. The van der Waals surface area contributed by atoms with Crippen LogP contribution >= 0.6 is 0 Å². The maximum Gasteiger partial charge on any atom is 0.410 e. The van der Waals surface area contributed by atoms with Gasteiger partial charge in [0.25, 0.3) is 5.56 Å². The molecule has 3 aliphatic rings. The molecule has 6 rings (SSSR count). The fraction of sp³-hybridized carbons (Fsp3) is 0.576. The lowest BCUT2D eigenvalue weighted by molar-refractivity contribution is 0.00211. The van der Waals surface area contributed by atoms with Crippen LogP contribution in [0.1, 0.15) is 82.5 Å². The van der Waals surface area contributed by atoms with E-state index in [2.05, 4.69) is 46.4 Å². The van der Waals surface area contributed by atoms with Crippen molar-refractivity contribution in [1.29, 1.82) is 0 Å². The number of aromatic nitrogens is 3. The second-order valence-corrected chi connectivity index (χ2v) is 12.5. The predicted molar refractivity (Wildman–Crippen MR) is 166 cm³/mol. The smallest absolute Gasteiger partial charge is 0.410 e. The molecule has 0 spiro atoms. The van der Waals surface area contributed by atoms with Crippen LogP contribution in [0.4, 0.5) is 10.7 Å². The molecule has 43 heavy (non-hydrogen) atoms. The molecule has 0 radical (unpaired) electrons. The van der Waals surface area contributed by atoms with Crippen LogP contribution in [0.5, 0.6) is 0 Å². The summed E-state index contributed by atoms with van der Waals surface area (Å²) in [5.74, 6) is 0.490. The number of carbonyl (C=O) groups excluding carboxylic acids is 1. The van der Waals surface area contributed by atoms with Crippen LogP contribution in [-0.4, -0.2) is 75.9 Å². The largest absolute Gasteiger partial charge is 0.446 e. The van der Waals surface area contributed by atoms with E-state index < -0.39 is 0 Å². The quantitative estimate of drug-likeness (QED) is 0.400. The van der Waals surface area contributed by atoms with Gasteiger partial charge in [-0.05, 0) is 70.1 Å². The van der Waals surface area contributed by atoms with Crippen LogP contribution in [0.25, 0.3) is 11.0 Å². The van der Waals surface area contributed by atoms with E-state index >= 15 is 0 Å². The van der Waals surface area contributed by atoms with Gasteiger partial charge in [0.2, 0.25) is 5.95 Å². The molecule has 2 aromatic heterocycles. The fourth-order valence-corrected chi connectivity index (χ4v) is 6.90. The van der Waals surface area contributed by atoms with Gasteiger partial charge in [-0.2, -0.15) is 4.98 Å². The number of amides is 1. The van der Waals surface area contributed by atoms with Crippen molar-refractivity contribution < 1.29 is 14.3 Å². The fourth-order valence-electron chi connectivity index (χ4n) is 6.90. The second kappa shape index (κ2) is 12.6. The Morgan fingerprint density at radius 2 is 1.77 bits per heavy atom. The lowest BCUT2D eigenvalue weighted by atomic mass is 9.85. The predicted octanol–water partition coefficient (Wildman–Crippen LogP) is 5.25. The van der Waals surface area contributed by atoms with E-state index in [9.17, 15) is 9.59 Å². The Labute approximate surface area is 253 Å². The lowest BCUT2D eigenvalue weighted by Gasteiger charge is -2.45. The van der Waals surface area contributed by atoms with Gasteiger partial charge in [0.15, 0.2) is 0 Å². The van der Waals surface area contributed by atoms with Crippen molar-refractivity contribution in [2.24, 2.45) is 0 Å². The van der Waals surface area contributed by atoms with Gasteiger partial charge in [-0.1, -0.05) is 30.7 Å². The van der Waals surface area contributed by atoms with Gasteiger partial charge in [0.05, 0.1) is 18.2 Å². The average Bonchev–Trinajstić information content (AvgIpc) is 3.53. The monoisotopic (exact) mass is 588 g/mol. The van der Waals surface area contributed by atoms with Gasteiger partial charge in [0, 0.05) is 56.5 Å². The summed E-state index contributed by atoms with van der Waals surface area (Å²) in [6.45, 7) is 10.4. The third-order valence-electron chi connectivity index (χ3n) is 9.44. The molecule has 1 aromatic carbocycles. The zero-order valence-electron chi connectivity index (χ0n) is 25.6. The van der Waals surface area contributed by atoms with E-state index in [0.29, 0.717) is 31.3 Å². The standard InChI is InChI=1S/C33H44N6O4/c1-23(2)39-29(40)14-11-26-21-34-31(36-30(26)39)35-24(3)25-9-12-27(13-10-25)33(15-20-42-22-33)38-18-16-37(17-19-38)32(41)43-28-7-5-4-6-8-28/h9-14,21,23-24,28H,4-8,15-20,22H2,1-3H3,(H,34,35,36)/t24-,33?/m0/s1. The van der Waals surface area contributed by atoms with Gasteiger partial charge >= 0.3 is 6.09 Å². The highest BCUT2D eigenvalue weighted by atomic mass is 16.6. The first-order chi connectivity index (χ1) is 20.8. The van der Waals surface area contributed by atoms with E-state index in [-0.39, 0.29) is 35.4 Å². The first-order valence-corrected chi connectivity index (χ1v) is 15.9. The molecule has 2 aliphatic heterocycles. The summed E-state index contributed by atoms with van der Waals surface area (Å²) in [7, 11) is 0. The Morgan fingerprint density at radius 3 is 2.44 bits per heavy atom. The van der Waals surface area contributed by atoms with E-state index in [1.54, 1.807) is 22.9 Å². The molecule has 3 aromatic rings. The summed E-state index contributed by atoms with van der Waals surface area (Å²) in [5, 5.41) is 4.26. The Bertz CT molecular complexity index is 1470. The van der Waals surface area contributed by atoms with Crippen LogP contribution < -0.4 is 10.9 Å². The molecule has 1 saturated carbocycles. The van der Waals surface area contributed by atoms with E-state index in [1.807, 2.05) is 18.7 Å². The molecule has 2 atom stereocenters. The van der Waals surface area contributed by atoms with Gasteiger partial charge in [-0.3, -0.25) is 14.3 Å². The summed E-state index contributed by atoms with van der Waals surface area (Å²) in [5.41, 5.74) is 2.72. The topological polar surface area (TPSA) is 102 Å². The number of rotatable bonds is 7. The van der Waals surface area contributed by atoms with Crippen molar-refractivity contribution in [3.63, 3.8) is 0 Å². The minimum atomic E-state index is -0.198. The Morgan fingerprint density at radius 1 is 1.02 bits per heavy atom. The van der Waals surface area contributed by atoms with E-state index in [4.69, 9.17) is 14.5 Å². The number of anilines is 1. The lowest BCUT2D eigenvalue weighted by Crippen LogP contribution is -2.57. The summed E-state index contributed by atoms with van der Waals surface area (Å²) >= 11 is 0. The van der Waals surface area contributed by atoms with Crippen molar-refractivity contribution in [3.05, 3.63) is 64.1 Å². The van der Waals surface area contributed by atoms with E-state index in [1.165, 1.54) is 12.0 Å². The first kappa shape index (κ1) is 29.6. The van der Waals surface area contributed by atoms with Crippen LogP contribution in [0.2, 0.25) is 0 Å². The zero-order chi connectivity index (χ0) is 30.0. The molecule has 1 amide bonds. The molecule has 2 saturated heterocycles. The Hall–Kier alpha value is -3.50. The van der Waals surface area contributed by atoms with Crippen molar-refractivity contribution in [1.82, 2.24) is 24.3 Å². The highest BCUT2D eigenvalue weighted by Crippen LogP contribution is 2.38. The molecule has 0 bridgehead atoms. The number of piperazine rings is 1. The number of ether oxygens (including phenoxy) is 2. The molecule has 4 heterocycles. The average molecular weight is 589 g/mol. The summed E-state index contributed by atoms with van der Waals surface area (Å²) in [4.78, 5) is 38.9. The molecule has 1 N–H and O–H groups in total. The van der Waals surface area contributed by atoms with Crippen LogP contribution in [0.15, 0.2) is 47.4 Å². The SMILES string of the molecule is CC(C)n1c(=O)ccc2cnc(N[C@@H](C)c3ccc(C4(N5CCN(C(=O)OC6CCCCC6)CC5)CCOC4)cc3)nc21. The van der Waals surface area contributed by atoms with Crippen molar-refractivity contribution in [2.45, 2.75) is 83.0 Å². The van der Waals surface area contributed by atoms with Gasteiger partial charge in [-0.15, -0.1) is 0 Å². The number of nitrogens with one attached hydrogen (secondary N) is 1. The number of fused-ring (bicyclic) bond motifs is 1. The second-order valence-electron chi connectivity index (χ2n) is 12.5. The molecular formula is C33H44N6O4. The van der Waals surface area contributed by atoms with Gasteiger partial charge in [0.1, 0.15) is 11.8 Å². The number of hydrogen-bond acceptors (Lipinski definition) is 8.